The number of halogens is 1. The monoisotopic (exact) mass is 353 g/mol. The molecule has 1 aliphatic heterocycles. The van der Waals surface area contributed by atoms with Crippen LogP contribution in [-0.4, -0.2) is 18.3 Å². The first kappa shape index (κ1) is 18.4. The van der Waals surface area contributed by atoms with E-state index in [-0.39, 0.29) is 12.2 Å². The first-order chi connectivity index (χ1) is 12.2. The van der Waals surface area contributed by atoms with Gasteiger partial charge in [-0.3, -0.25) is 0 Å². The summed E-state index contributed by atoms with van der Waals surface area (Å²) in [4.78, 5) is 0. The van der Waals surface area contributed by atoms with Crippen molar-refractivity contribution in [3.8, 4) is 11.8 Å². The smallest absolute Gasteiger partial charge is 0.489 e. The molecule has 0 aliphatic carbocycles. The van der Waals surface area contributed by atoms with Gasteiger partial charge in [0.15, 0.2) is 0 Å². The molecule has 0 atom stereocenters. The van der Waals surface area contributed by atoms with Gasteiger partial charge in [-0.25, -0.2) is 4.39 Å². The molecule has 1 fully saturated rings. The zero-order chi connectivity index (χ0) is 18.9. The lowest BCUT2D eigenvalue weighted by atomic mass is 9.77. The number of rotatable bonds is 4. The second kappa shape index (κ2) is 6.75. The molecule has 1 aliphatic rings. The van der Waals surface area contributed by atoms with Crippen molar-refractivity contribution < 1.29 is 18.4 Å². The summed E-state index contributed by atoms with van der Waals surface area (Å²) in [6.07, 6.45) is 0. The van der Waals surface area contributed by atoms with Crippen molar-refractivity contribution in [3.63, 3.8) is 0 Å². The maximum absolute atomic E-state index is 14.2. The lowest BCUT2D eigenvalue weighted by Crippen LogP contribution is -2.41. The molecule has 0 saturated carbocycles. The van der Waals surface area contributed by atoms with E-state index >= 15 is 0 Å². The van der Waals surface area contributed by atoms with Crippen LogP contribution in [0.2, 0.25) is 0 Å². The van der Waals surface area contributed by atoms with Crippen molar-refractivity contribution in [2.45, 2.75) is 45.5 Å². The Balaban J connectivity index is 1.94. The van der Waals surface area contributed by atoms with Crippen LogP contribution in [-0.2, 0) is 15.9 Å². The second-order valence-electron chi connectivity index (χ2n) is 7.34. The molecule has 4 nitrogen and oxygen atoms in total. The second-order valence-corrected chi connectivity index (χ2v) is 7.34. The SMILES string of the molecule is CC1(C)OB(c2cc(C#N)c(F)cc2OCc2ccccc2)OC1(C)C. The standard InChI is InChI=1S/C20H21BFNO3/c1-19(2)20(3,4)26-21(25-19)16-10-15(12-23)17(22)11-18(16)24-13-14-8-6-5-7-9-14/h5-11H,13H2,1-4H3. The molecule has 26 heavy (non-hydrogen) atoms. The van der Waals surface area contributed by atoms with Crippen LogP contribution in [0.5, 0.6) is 5.75 Å². The summed E-state index contributed by atoms with van der Waals surface area (Å²) in [6, 6.07) is 14.1. The van der Waals surface area contributed by atoms with E-state index in [1.54, 1.807) is 0 Å². The fraction of sp³-hybridized carbons (Fsp3) is 0.350. The molecule has 0 bridgehead atoms. The van der Waals surface area contributed by atoms with Gasteiger partial charge < -0.3 is 14.0 Å². The Kier molecular flexibility index (Phi) is 4.79. The third-order valence-electron chi connectivity index (χ3n) is 4.96. The fourth-order valence-electron chi connectivity index (χ4n) is 2.67. The maximum Gasteiger partial charge on any atom is 0.498 e. The molecule has 0 N–H and O–H groups in total. The third kappa shape index (κ3) is 3.46. The highest BCUT2D eigenvalue weighted by Crippen LogP contribution is 2.37. The van der Waals surface area contributed by atoms with Crippen molar-refractivity contribution in [1.82, 2.24) is 0 Å². The lowest BCUT2D eigenvalue weighted by Gasteiger charge is -2.32. The van der Waals surface area contributed by atoms with Gasteiger partial charge in [0, 0.05) is 11.5 Å². The molecule has 134 valence electrons. The van der Waals surface area contributed by atoms with Crippen molar-refractivity contribution in [2.24, 2.45) is 0 Å². The van der Waals surface area contributed by atoms with Crippen LogP contribution in [0.25, 0.3) is 0 Å². The number of benzene rings is 2. The summed E-state index contributed by atoms with van der Waals surface area (Å²) < 4.78 is 32.1. The molecule has 6 heteroatoms. The van der Waals surface area contributed by atoms with E-state index in [9.17, 15) is 9.65 Å². The molecule has 2 aromatic rings. The molecular weight excluding hydrogens is 332 g/mol. The molecule has 0 aromatic heterocycles. The Hall–Kier alpha value is -2.36. The van der Waals surface area contributed by atoms with Crippen LogP contribution >= 0.6 is 0 Å². The van der Waals surface area contributed by atoms with E-state index in [0.29, 0.717) is 11.2 Å². The van der Waals surface area contributed by atoms with Gasteiger partial charge >= 0.3 is 7.12 Å². The number of nitrogens with zero attached hydrogens (tertiary/aromatic N) is 1. The van der Waals surface area contributed by atoms with Crippen molar-refractivity contribution >= 4 is 12.6 Å². The summed E-state index contributed by atoms with van der Waals surface area (Å²) in [7, 11) is -0.738. The number of hydrogen-bond donors (Lipinski definition) is 0. The normalized spacial score (nSPS) is 17.8. The summed E-state index contributed by atoms with van der Waals surface area (Å²) in [5.41, 5.74) is 0.307. The summed E-state index contributed by atoms with van der Waals surface area (Å²) >= 11 is 0. The Morgan fingerprint density at radius 2 is 1.69 bits per heavy atom. The van der Waals surface area contributed by atoms with E-state index in [4.69, 9.17) is 14.0 Å². The average Bonchev–Trinajstić information content (AvgIpc) is 2.81. The van der Waals surface area contributed by atoms with Crippen LogP contribution in [0.15, 0.2) is 42.5 Å². The van der Waals surface area contributed by atoms with Crippen LogP contribution < -0.4 is 10.2 Å². The average molecular weight is 353 g/mol. The molecule has 2 aromatic carbocycles. The van der Waals surface area contributed by atoms with Crippen LogP contribution in [0, 0.1) is 17.1 Å². The topological polar surface area (TPSA) is 51.5 Å². The fourth-order valence-corrected chi connectivity index (χ4v) is 2.67. The largest absolute Gasteiger partial charge is 0.498 e. The van der Waals surface area contributed by atoms with Gasteiger partial charge in [0.2, 0.25) is 0 Å². The summed E-state index contributed by atoms with van der Waals surface area (Å²) in [6.45, 7) is 8.02. The highest BCUT2D eigenvalue weighted by Gasteiger charge is 2.52. The Morgan fingerprint density at radius 1 is 1.08 bits per heavy atom. The van der Waals surface area contributed by atoms with Crippen molar-refractivity contribution in [3.05, 3.63) is 59.4 Å². The molecule has 0 unspecified atom stereocenters. The maximum atomic E-state index is 14.2. The van der Waals surface area contributed by atoms with Gasteiger partial charge in [-0.05, 0) is 39.3 Å². The predicted octanol–water partition coefficient (Wildman–Crippen LogP) is 3.58. The van der Waals surface area contributed by atoms with E-state index in [1.165, 1.54) is 12.1 Å². The Labute approximate surface area is 153 Å². The molecular formula is C20H21BFNO3. The van der Waals surface area contributed by atoms with Gasteiger partial charge in [0.25, 0.3) is 0 Å². The van der Waals surface area contributed by atoms with E-state index < -0.39 is 24.1 Å². The summed E-state index contributed by atoms with van der Waals surface area (Å²) in [5.74, 6) is -0.320. The summed E-state index contributed by atoms with van der Waals surface area (Å²) in [5, 5.41) is 9.18. The molecule has 1 saturated heterocycles. The Bertz CT molecular complexity index is 830. The third-order valence-corrected chi connectivity index (χ3v) is 4.96. The number of hydrogen-bond acceptors (Lipinski definition) is 4. The van der Waals surface area contributed by atoms with Gasteiger partial charge in [-0.1, -0.05) is 30.3 Å². The van der Waals surface area contributed by atoms with Crippen molar-refractivity contribution in [1.29, 1.82) is 5.26 Å². The zero-order valence-electron chi connectivity index (χ0n) is 15.4. The van der Waals surface area contributed by atoms with E-state index in [0.717, 1.165) is 5.56 Å². The van der Waals surface area contributed by atoms with Crippen LogP contribution in [0.3, 0.4) is 0 Å². The molecule has 1 heterocycles. The Morgan fingerprint density at radius 3 is 2.27 bits per heavy atom. The van der Waals surface area contributed by atoms with Gasteiger partial charge in [0.05, 0.1) is 16.8 Å². The first-order valence-corrected chi connectivity index (χ1v) is 8.49. The van der Waals surface area contributed by atoms with Crippen LogP contribution in [0.4, 0.5) is 4.39 Å². The van der Waals surface area contributed by atoms with Gasteiger partial charge in [-0.2, -0.15) is 5.26 Å². The van der Waals surface area contributed by atoms with Crippen molar-refractivity contribution in [2.75, 3.05) is 0 Å². The highest BCUT2D eigenvalue weighted by molar-refractivity contribution is 6.63. The van der Waals surface area contributed by atoms with E-state index in [2.05, 4.69) is 0 Å². The predicted molar refractivity (Wildman–Crippen MR) is 97.6 cm³/mol. The molecule has 0 spiro atoms. The lowest BCUT2D eigenvalue weighted by molar-refractivity contribution is 0.00578. The quantitative estimate of drug-likeness (QED) is 0.789. The number of nitriles is 1. The minimum Gasteiger partial charge on any atom is -0.489 e. The first-order valence-electron chi connectivity index (χ1n) is 8.49. The van der Waals surface area contributed by atoms with E-state index in [1.807, 2.05) is 64.1 Å². The molecule has 0 radical (unpaired) electrons. The zero-order valence-corrected chi connectivity index (χ0v) is 15.4. The molecule has 0 amide bonds. The van der Waals surface area contributed by atoms with Crippen LogP contribution in [0.1, 0.15) is 38.8 Å². The minimum atomic E-state index is -0.738. The van der Waals surface area contributed by atoms with Gasteiger partial charge in [0.1, 0.15) is 24.2 Å². The highest BCUT2D eigenvalue weighted by atomic mass is 19.1. The number of ether oxygens (including phenoxy) is 1. The van der Waals surface area contributed by atoms with Gasteiger partial charge in [-0.15, -0.1) is 0 Å². The molecule has 3 rings (SSSR count). The minimum absolute atomic E-state index is 0.0678.